The molecule has 1 atom stereocenters. The second-order valence-electron chi connectivity index (χ2n) is 10.1. The summed E-state index contributed by atoms with van der Waals surface area (Å²) < 4.78 is 32.0. The summed E-state index contributed by atoms with van der Waals surface area (Å²) in [5.41, 5.74) is 2.15. The summed E-state index contributed by atoms with van der Waals surface area (Å²) in [5.74, 6) is -0.0897. The number of hydrogen-bond acceptors (Lipinski definition) is 5. The van der Waals surface area contributed by atoms with Crippen molar-refractivity contribution in [3.8, 4) is 5.75 Å². The molecule has 0 aromatic heterocycles. The van der Waals surface area contributed by atoms with Crippen LogP contribution < -0.4 is 14.4 Å². The number of amides is 2. The molecule has 0 unspecified atom stereocenters. The number of anilines is 1. The molecule has 0 spiro atoms. The molecule has 0 aliphatic rings. The SMILES string of the molecule is COc1ccccc1N(CCCC(=O)N(Cc1ccc(Cl)cc1)[C@@H](Cc1ccccc1)C(=O)NC(C)C)S(C)(=O)=O. The van der Waals surface area contributed by atoms with Crippen LogP contribution in [0, 0.1) is 0 Å². The summed E-state index contributed by atoms with van der Waals surface area (Å²) in [7, 11) is -2.17. The van der Waals surface area contributed by atoms with Crippen molar-refractivity contribution in [3.05, 3.63) is 95.0 Å². The zero-order valence-electron chi connectivity index (χ0n) is 23.9. The lowest BCUT2D eigenvalue weighted by Gasteiger charge is -2.32. The van der Waals surface area contributed by atoms with Gasteiger partial charge in [-0.3, -0.25) is 13.9 Å². The van der Waals surface area contributed by atoms with E-state index in [0.29, 0.717) is 22.9 Å². The lowest BCUT2D eigenvalue weighted by Crippen LogP contribution is -2.51. The van der Waals surface area contributed by atoms with E-state index in [-0.39, 0.29) is 43.8 Å². The number of carbonyl (C=O) groups is 2. The number of hydrogen-bond donors (Lipinski definition) is 1. The fraction of sp³-hybridized carbons (Fsp3) is 0.355. The number of sulfonamides is 1. The van der Waals surface area contributed by atoms with E-state index >= 15 is 0 Å². The zero-order valence-corrected chi connectivity index (χ0v) is 25.5. The van der Waals surface area contributed by atoms with Crippen LogP contribution in [-0.2, 0) is 32.6 Å². The Labute approximate surface area is 248 Å². The third kappa shape index (κ3) is 9.50. The molecule has 0 heterocycles. The molecule has 0 bridgehead atoms. The number of halogens is 1. The molecule has 1 N–H and O–H groups in total. The Morgan fingerprint density at radius 3 is 2.17 bits per heavy atom. The minimum absolute atomic E-state index is 0.0367. The quantitative estimate of drug-likeness (QED) is 0.279. The highest BCUT2D eigenvalue weighted by Crippen LogP contribution is 2.30. The monoisotopic (exact) mass is 599 g/mol. The largest absolute Gasteiger partial charge is 0.495 e. The highest BCUT2D eigenvalue weighted by Gasteiger charge is 2.31. The van der Waals surface area contributed by atoms with Crippen molar-refractivity contribution in [3.63, 3.8) is 0 Å². The van der Waals surface area contributed by atoms with E-state index in [1.165, 1.54) is 11.4 Å². The number of rotatable bonds is 14. The maximum absolute atomic E-state index is 13.9. The Morgan fingerprint density at radius 1 is 0.927 bits per heavy atom. The molecule has 41 heavy (non-hydrogen) atoms. The Hall–Kier alpha value is -3.56. The van der Waals surface area contributed by atoms with E-state index < -0.39 is 16.1 Å². The van der Waals surface area contributed by atoms with Crippen LogP contribution in [0.25, 0.3) is 0 Å². The Balaban J connectivity index is 1.89. The number of ether oxygens (including phenoxy) is 1. The first kappa shape index (κ1) is 32.0. The Kier molecular flexibility index (Phi) is 11.6. The molecule has 0 saturated carbocycles. The van der Waals surface area contributed by atoms with Gasteiger partial charge in [0.1, 0.15) is 11.8 Å². The average molecular weight is 600 g/mol. The van der Waals surface area contributed by atoms with Crippen molar-refractivity contribution in [2.75, 3.05) is 24.2 Å². The molecule has 2 amide bonds. The number of carbonyl (C=O) groups excluding carboxylic acids is 2. The minimum Gasteiger partial charge on any atom is -0.495 e. The molecule has 3 rings (SSSR count). The van der Waals surface area contributed by atoms with Gasteiger partial charge in [-0.2, -0.15) is 0 Å². The predicted octanol–water partition coefficient (Wildman–Crippen LogP) is 5.06. The number of benzene rings is 3. The fourth-order valence-corrected chi connectivity index (χ4v) is 5.63. The molecule has 3 aromatic rings. The first-order chi connectivity index (χ1) is 19.5. The molecule has 0 fully saturated rings. The number of nitrogens with zero attached hydrogens (tertiary/aromatic N) is 2. The van der Waals surface area contributed by atoms with Gasteiger partial charge in [-0.15, -0.1) is 0 Å². The van der Waals surface area contributed by atoms with E-state index in [1.54, 1.807) is 41.3 Å². The Bertz CT molecular complexity index is 1400. The Morgan fingerprint density at radius 2 is 1.56 bits per heavy atom. The van der Waals surface area contributed by atoms with Crippen LogP contribution >= 0.6 is 11.6 Å². The van der Waals surface area contributed by atoms with Crippen LogP contribution in [0.1, 0.15) is 37.8 Å². The molecule has 0 saturated heterocycles. The van der Waals surface area contributed by atoms with E-state index in [0.717, 1.165) is 17.4 Å². The lowest BCUT2D eigenvalue weighted by molar-refractivity contribution is -0.141. The van der Waals surface area contributed by atoms with Crippen LogP contribution in [0.15, 0.2) is 78.9 Å². The molecular formula is C31H38ClN3O5S. The van der Waals surface area contributed by atoms with Crippen LogP contribution in [0.3, 0.4) is 0 Å². The van der Waals surface area contributed by atoms with Gasteiger partial charge in [0.15, 0.2) is 0 Å². The summed E-state index contributed by atoms with van der Waals surface area (Å²) >= 11 is 6.09. The highest BCUT2D eigenvalue weighted by atomic mass is 35.5. The van der Waals surface area contributed by atoms with Crippen molar-refractivity contribution in [1.82, 2.24) is 10.2 Å². The zero-order chi connectivity index (χ0) is 30.0. The van der Waals surface area contributed by atoms with Crippen molar-refractivity contribution in [1.29, 1.82) is 0 Å². The standard InChI is InChI=1S/C31H38ClN3O5S/c1-23(2)33-31(37)28(21-24-11-6-5-7-12-24)34(22-25-16-18-26(32)19-17-25)30(36)15-10-20-35(41(4,38)39)27-13-8-9-14-29(27)40-3/h5-9,11-14,16-19,23,28H,10,15,20-22H2,1-4H3,(H,33,37)/t28-/m0/s1. The first-order valence-electron chi connectivity index (χ1n) is 13.5. The van der Waals surface area contributed by atoms with Crippen molar-refractivity contribution >= 4 is 39.1 Å². The van der Waals surface area contributed by atoms with Crippen molar-refractivity contribution in [2.24, 2.45) is 0 Å². The number of methoxy groups -OCH3 is 1. The highest BCUT2D eigenvalue weighted by molar-refractivity contribution is 7.92. The molecule has 0 aliphatic heterocycles. The van der Waals surface area contributed by atoms with Crippen molar-refractivity contribution < 1.29 is 22.7 Å². The molecule has 220 valence electrons. The molecular weight excluding hydrogens is 562 g/mol. The van der Waals surface area contributed by atoms with Gasteiger partial charge in [0, 0.05) is 37.0 Å². The molecule has 3 aromatic carbocycles. The molecule has 0 aliphatic carbocycles. The smallest absolute Gasteiger partial charge is 0.243 e. The van der Waals surface area contributed by atoms with Gasteiger partial charge in [0.05, 0.1) is 19.1 Å². The number of para-hydroxylation sites is 2. The summed E-state index contributed by atoms with van der Waals surface area (Å²) in [6.45, 7) is 4.02. The molecule has 0 radical (unpaired) electrons. The first-order valence-corrected chi connectivity index (χ1v) is 15.7. The maximum atomic E-state index is 13.9. The molecule has 8 nitrogen and oxygen atoms in total. The van der Waals surface area contributed by atoms with Gasteiger partial charge in [0.25, 0.3) is 0 Å². The van der Waals surface area contributed by atoms with Gasteiger partial charge in [0.2, 0.25) is 21.8 Å². The second-order valence-corrected chi connectivity index (χ2v) is 12.5. The molecule has 10 heteroatoms. The van der Waals surface area contributed by atoms with Gasteiger partial charge >= 0.3 is 0 Å². The van der Waals surface area contributed by atoms with Gasteiger partial charge in [-0.1, -0.05) is 66.2 Å². The number of nitrogens with one attached hydrogen (secondary N) is 1. The maximum Gasteiger partial charge on any atom is 0.243 e. The van der Waals surface area contributed by atoms with Crippen LogP contribution in [0.2, 0.25) is 5.02 Å². The van der Waals surface area contributed by atoms with Gasteiger partial charge in [-0.25, -0.2) is 8.42 Å². The van der Waals surface area contributed by atoms with E-state index in [1.807, 2.05) is 56.3 Å². The predicted molar refractivity (Wildman–Crippen MR) is 164 cm³/mol. The summed E-state index contributed by atoms with van der Waals surface area (Å²) in [6.07, 6.45) is 1.73. The van der Waals surface area contributed by atoms with E-state index in [4.69, 9.17) is 16.3 Å². The summed E-state index contributed by atoms with van der Waals surface area (Å²) in [5, 5.41) is 3.54. The third-order valence-corrected chi connectivity index (χ3v) is 7.91. The lowest BCUT2D eigenvalue weighted by atomic mass is 10.0. The van der Waals surface area contributed by atoms with E-state index in [2.05, 4.69) is 5.32 Å². The fourth-order valence-electron chi connectivity index (χ4n) is 4.54. The van der Waals surface area contributed by atoms with Crippen LogP contribution in [0.5, 0.6) is 5.75 Å². The van der Waals surface area contributed by atoms with Crippen LogP contribution in [-0.4, -0.2) is 57.1 Å². The van der Waals surface area contributed by atoms with E-state index in [9.17, 15) is 18.0 Å². The third-order valence-electron chi connectivity index (χ3n) is 6.47. The minimum atomic E-state index is -3.65. The summed E-state index contributed by atoms with van der Waals surface area (Å²) in [6, 6.07) is 22.7. The van der Waals surface area contributed by atoms with Gasteiger partial charge < -0.3 is 15.0 Å². The average Bonchev–Trinajstić information content (AvgIpc) is 2.93. The topological polar surface area (TPSA) is 96.0 Å². The van der Waals surface area contributed by atoms with Crippen molar-refractivity contribution in [2.45, 2.75) is 51.7 Å². The summed E-state index contributed by atoms with van der Waals surface area (Å²) in [4.78, 5) is 28.9. The second kappa shape index (κ2) is 14.9. The van der Waals surface area contributed by atoms with Gasteiger partial charge in [-0.05, 0) is 55.7 Å². The van der Waals surface area contributed by atoms with Crippen LogP contribution in [0.4, 0.5) is 5.69 Å². The normalized spacial score (nSPS) is 12.0.